The van der Waals surface area contributed by atoms with Crippen LogP contribution in [0.4, 0.5) is 5.13 Å². The first-order chi connectivity index (χ1) is 10.5. The van der Waals surface area contributed by atoms with E-state index in [1.807, 2.05) is 5.38 Å². The Kier molecular flexibility index (Phi) is 3.93. The lowest BCUT2D eigenvalue weighted by atomic mass is 10.1. The molecule has 116 valence electrons. The molecular formula is C14H17N5O2S. The van der Waals surface area contributed by atoms with E-state index < -0.39 is 0 Å². The van der Waals surface area contributed by atoms with Gasteiger partial charge in [0.05, 0.1) is 17.9 Å². The molecular weight excluding hydrogens is 302 g/mol. The average molecular weight is 319 g/mol. The van der Waals surface area contributed by atoms with Crippen molar-refractivity contribution in [2.24, 2.45) is 0 Å². The summed E-state index contributed by atoms with van der Waals surface area (Å²) in [5, 5.41) is 2.40. The van der Waals surface area contributed by atoms with E-state index in [-0.39, 0.29) is 11.5 Å². The fraction of sp³-hybridized carbons (Fsp3) is 0.429. The van der Waals surface area contributed by atoms with E-state index in [1.165, 1.54) is 11.3 Å². The Morgan fingerprint density at radius 1 is 1.50 bits per heavy atom. The lowest BCUT2D eigenvalue weighted by molar-refractivity contribution is -0.132. The standard InChI is InChI=1S/C14H17N5O2S/c1-8-16-11-6-19(5-4-10(11)13(21)17-8)12(20)3-2-9-7-22-14(15)18-9/h7H,2-6H2,1H3,(H2,15,18)(H,16,17,21). The topological polar surface area (TPSA) is 105 Å². The molecule has 1 aliphatic heterocycles. The lowest BCUT2D eigenvalue weighted by Gasteiger charge is -2.27. The Hall–Kier alpha value is -2.22. The van der Waals surface area contributed by atoms with E-state index in [9.17, 15) is 9.59 Å². The molecule has 0 radical (unpaired) electrons. The van der Waals surface area contributed by atoms with Crippen LogP contribution in [0.2, 0.25) is 0 Å². The number of fused-ring (bicyclic) bond motifs is 1. The summed E-state index contributed by atoms with van der Waals surface area (Å²) in [6.07, 6.45) is 1.52. The van der Waals surface area contributed by atoms with Gasteiger partial charge in [0.15, 0.2) is 5.13 Å². The molecule has 0 unspecified atom stereocenters. The number of thiazole rings is 1. The number of hydrogen-bond acceptors (Lipinski definition) is 6. The quantitative estimate of drug-likeness (QED) is 0.863. The van der Waals surface area contributed by atoms with Crippen molar-refractivity contribution in [2.45, 2.75) is 32.7 Å². The van der Waals surface area contributed by atoms with Gasteiger partial charge in [0.25, 0.3) is 5.56 Å². The maximum Gasteiger partial charge on any atom is 0.254 e. The fourth-order valence-corrected chi connectivity index (χ4v) is 3.20. The van der Waals surface area contributed by atoms with Crippen LogP contribution >= 0.6 is 11.3 Å². The van der Waals surface area contributed by atoms with Gasteiger partial charge in [-0.25, -0.2) is 9.97 Å². The third kappa shape index (κ3) is 3.01. The van der Waals surface area contributed by atoms with Crippen molar-refractivity contribution in [1.82, 2.24) is 19.9 Å². The van der Waals surface area contributed by atoms with Gasteiger partial charge in [-0.2, -0.15) is 0 Å². The van der Waals surface area contributed by atoms with Gasteiger partial charge < -0.3 is 15.6 Å². The molecule has 0 saturated heterocycles. The minimum atomic E-state index is -0.0902. The minimum absolute atomic E-state index is 0.0527. The predicted molar refractivity (Wildman–Crippen MR) is 83.6 cm³/mol. The number of aromatic nitrogens is 3. The number of aromatic amines is 1. The first-order valence-electron chi connectivity index (χ1n) is 7.09. The van der Waals surface area contributed by atoms with Gasteiger partial charge in [0.1, 0.15) is 5.82 Å². The Morgan fingerprint density at radius 3 is 3.05 bits per heavy atom. The van der Waals surface area contributed by atoms with Crippen molar-refractivity contribution in [1.29, 1.82) is 0 Å². The van der Waals surface area contributed by atoms with Crippen molar-refractivity contribution in [3.8, 4) is 0 Å². The lowest BCUT2D eigenvalue weighted by Crippen LogP contribution is -2.39. The molecule has 2 aromatic heterocycles. The van der Waals surface area contributed by atoms with Crippen LogP contribution in [0.15, 0.2) is 10.2 Å². The van der Waals surface area contributed by atoms with Crippen LogP contribution in [-0.4, -0.2) is 32.3 Å². The molecule has 1 amide bonds. The number of carbonyl (C=O) groups excluding carboxylic acids is 1. The summed E-state index contributed by atoms with van der Waals surface area (Å²) in [7, 11) is 0. The first kappa shape index (κ1) is 14.7. The number of rotatable bonds is 3. The van der Waals surface area contributed by atoms with Crippen molar-refractivity contribution in [3.05, 3.63) is 38.5 Å². The minimum Gasteiger partial charge on any atom is -0.375 e. The molecule has 0 aromatic carbocycles. The normalized spacial score (nSPS) is 14.0. The van der Waals surface area contributed by atoms with E-state index >= 15 is 0 Å². The molecule has 0 spiro atoms. The molecule has 2 aromatic rings. The predicted octanol–water partition coefficient (Wildman–Crippen LogP) is 0.635. The molecule has 0 bridgehead atoms. The Bertz CT molecular complexity index is 767. The number of hydrogen-bond donors (Lipinski definition) is 2. The van der Waals surface area contributed by atoms with Gasteiger partial charge >= 0.3 is 0 Å². The second-order valence-electron chi connectivity index (χ2n) is 5.32. The molecule has 3 N–H and O–H groups in total. The van der Waals surface area contributed by atoms with Crippen LogP contribution in [0, 0.1) is 6.92 Å². The molecule has 7 nitrogen and oxygen atoms in total. The highest BCUT2D eigenvalue weighted by Crippen LogP contribution is 2.17. The number of amides is 1. The Balaban J connectivity index is 1.66. The summed E-state index contributed by atoms with van der Waals surface area (Å²) in [5.41, 5.74) is 7.74. The Labute approximate surface area is 131 Å². The Morgan fingerprint density at radius 2 is 2.32 bits per heavy atom. The average Bonchev–Trinajstić information content (AvgIpc) is 2.89. The van der Waals surface area contributed by atoms with E-state index in [0.717, 1.165) is 5.69 Å². The summed E-state index contributed by atoms with van der Waals surface area (Å²) in [5.74, 6) is 0.632. The summed E-state index contributed by atoms with van der Waals surface area (Å²) in [4.78, 5) is 37.1. The summed E-state index contributed by atoms with van der Waals surface area (Å²) in [6, 6.07) is 0. The van der Waals surface area contributed by atoms with E-state index in [4.69, 9.17) is 5.73 Å². The van der Waals surface area contributed by atoms with Gasteiger partial charge in [0, 0.05) is 23.9 Å². The summed E-state index contributed by atoms with van der Waals surface area (Å²) in [6.45, 7) is 2.70. The van der Waals surface area contributed by atoms with Gasteiger partial charge in [-0.1, -0.05) is 0 Å². The molecule has 3 heterocycles. The van der Waals surface area contributed by atoms with Crippen molar-refractivity contribution >= 4 is 22.4 Å². The number of aryl methyl sites for hydroxylation is 2. The highest BCUT2D eigenvalue weighted by Gasteiger charge is 2.23. The van der Waals surface area contributed by atoms with E-state index in [2.05, 4.69) is 15.0 Å². The van der Waals surface area contributed by atoms with Crippen LogP contribution in [0.1, 0.15) is 29.2 Å². The highest BCUT2D eigenvalue weighted by atomic mass is 32.1. The molecule has 8 heteroatoms. The van der Waals surface area contributed by atoms with Crippen LogP contribution in [0.5, 0.6) is 0 Å². The number of carbonyl (C=O) groups is 1. The van der Waals surface area contributed by atoms with Gasteiger partial charge in [0.2, 0.25) is 5.91 Å². The van der Waals surface area contributed by atoms with Gasteiger partial charge in [-0.15, -0.1) is 11.3 Å². The second kappa shape index (κ2) is 5.88. The third-order valence-corrected chi connectivity index (χ3v) is 4.43. The zero-order chi connectivity index (χ0) is 15.7. The molecule has 0 saturated carbocycles. The van der Waals surface area contributed by atoms with Crippen LogP contribution in [0.3, 0.4) is 0 Å². The van der Waals surface area contributed by atoms with E-state index in [1.54, 1.807) is 11.8 Å². The second-order valence-corrected chi connectivity index (χ2v) is 6.21. The number of nitrogens with zero attached hydrogens (tertiary/aromatic N) is 3. The van der Waals surface area contributed by atoms with Gasteiger partial charge in [-0.3, -0.25) is 9.59 Å². The molecule has 1 aliphatic rings. The van der Waals surface area contributed by atoms with E-state index in [0.29, 0.717) is 54.6 Å². The first-order valence-corrected chi connectivity index (χ1v) is 7.97. The number of nitrogens with two attached hydrogens (primary N) is 1. The smallest absolute Gasteiger partial charge is 0.254 e. The zero-order valence-electron chi connectivity index (χ0n) is 12.3. The summed E-state index contributed by atoms with van der Waals surface area (Å²) < 4.78 is 0. The number of nitrogen functional groups attached to an aromatic ring is 1. The van der Waals surface area contributed by atoms with Crippen LogP contribution in [0.25, 0.3) is 0 Å². The highest BCUT2D eigenvalue weighted by molar-refractivity contribution is 7.13. The van der Waals surface area contributed by atoms with Gasteiger partial charge in [-0.05, 0) is 19.8 Å². The van der Waals surface area contributed by atoms with Crippen LogP contribution < -0.4 is 11.3 Å². The monoisotopic (exact) mass is 319 g/mol. The molecule has 3 rings (SSSR count). The molecule has 0 fully saturated rings. The SMILES string of the molecule is Cc1nc2c(c(=O)[nH]1)CCN(C(=O)CCc1csc(N)n1)C2. The summed E-state index contributed by atoms with van der Waals surface area (Å²) >= 11 is 1.38. The maximum absolute atomic E-state index is 12.3. The zero-order valence-corrected chi connectivity index (χ0v) is 13.1. The largest absolute Gasteiger partial charge is 0.375 e. The molecule has 22 heavy (non-hydrogen) atoms. The third-order valence-electron chi connectivity index (χ3n) is 3.71. The molecule has 0 aliphatic carbocycles. The maximum atomic E-state index is 12.3. The van der Waals surface area contributed by atoms with Crippen LogP contribution in [-0.2, 0) is 24.2 Å². The van der Waals surface area contributed by atoms with Crippen molar-refractivity contribution in [2.75, 3.05) is 12.3 Å². The molecule has 0 atom stereocenters. The fourth-order valence-electron chi connectivity index (χ4n) is 2.61. The number of H-pyrrole nitrogens is 1. The number of anilines is 1. The van der Waals surface area contributed by atoms with Crippen molar-refractivity contribution in [3.63, 3.8) is 0 Å². The number of nitrogens with one attached hydrogen (secondary N) is 1. The van der Waals surface area contributed by atoms with Crippen molar-refractivity contribution < 1.29 is 4.79 Å².